The Morgan fingerprint density at radius 2 is 1.92 bits per heavy atom. The summed E-state index contributed by atoms with van der Waals surface area (Å²) in [4.78, 5) is 22.5. The lowest BCUT2D eigenvalue weighted by atomic mass is 10.1. The molecule has 1 aliphatic rings. The van der Waals surface area contributed by atoms with Crippen molar-refractivity contribution < 1.29 is 19.2 Å². The van der Waals surface area contributed by atoms with Crippen LogP contribution in [0.1, 0.15) is 15.9 Å². The van der Waals surface area contributed by atoms with Gasteiger partial charge in [-0.2, -0.15) is 5.10 Å². The van der Waals surface area contributed by atoms with E-state index < -0.39 is 10.8 Å². The topological polar surface area (TPSA) is 103 Å². The first-order valence-electron chi connectivity index (χ1n) is 6.71. The highest BCUT2D eigenvalue weighted by molar-refractivity contribution is 9.10. The SMILES string of the molecule is O=C(N/N=C/c1cc2c(cc1[N+](=O)[O-])OCO2)c1ccc(Br)cc1. The Balaban J connectivity index is 1.78. The standard InChI is InChI=1S/C15H10BrN3O5/c16-11-3-1-9(2-4-11)15(20)18-17-7-10-5-13-14(24-8-23-13)6-12(10)19(21)22/h1-7H,8H2,(H,18,20)/b17-7+. The number of fused-ring (bicyclic) bond motifs is 1. The Morgan fingerprint density at radius 3 is 2.58 bits per heavy atom. The van der Waals surface area contributed by atoms with Crippen molar-refractivity contribution in [3.8, 4) is 11.5 Å². The number of hydrazone groups is 1. The van der Waals surface area contributed by atoms with Crippen molar-refractivity contribution in [2.24, 2.45) is 5.10 Å². The Morgan fingerprint density at radius 1 is 1.25 bits per heavy atom. The van der Waals surface area contributed by atoms with Crippen LogP contribution in [0.4, 0.5) is 5.69 Å². The molecule has 8 nitrogen and oxygen atoms in total. The van der Waals surface area contributed by atoms with E-state index in [1.165, 1.54) is 18.3 Å². The van der Waals surface area contributed by atoms with E-state index in [0.29, 0.717) is 17.1 Å². The van der Waals surface area contributed by atoms with Gasteiger partial charge in [-0.15, -0.1) is 0 Å². The van der Waals surface area contributed by atoms with Gasteiger partial charge in [-0.05, 0) is 30.3 Å². The molecule has 0 unspecified atom stereocenters. The van der Waals surface area contributed by atoms with Gasteiger partial charge in [-0.3, -0.25) is 14.9 Å². The summed E-state index contributed by atoms with van der Waals surface area (Å²) < 4.78 is 11.1. The Kier molecular flexibility index (Phi) is 4.43. The summed E-state index contributed by atoms with van der Waals surface area (Å²) in [5.41, 5.74) is 2.73. The van der Waals surface area contributed by atoms with Gasteiger partial charge in [0.05, 0.1) is 22.8 Å². The fourth-order valence-corrected chi connectivity index (χ4v) is 2.30. The molecule has 0 radical (unpaired) electrons. The highest BCUT2D eigenvalue weighted by atomic mass is 79.9. The second-order valence-electron chi connectivity index (χ2n) is 4.73. The molecule has 0 fully saturated rings. The zero-order valence-electron chi connectivity index (χ0n) is 12.1. The zero-order chi connectivity index (χ0) is 17.1. The first-order valence-corrected chi connectivity index (χ1v) is 7.51. The number of carbonyl (C=O) groups is 1. The molecule has 1 N–H and O–H groups in total. The minimum absolute atomic E-state index is 0.00733. The highest BCUT2D eigenvalue weighted by Gasteiger charge is 2.22. The van der Waals surface area contributed by atoms with E-state index in [1.54, 1.807) is 24.3 Å². The lowest BCUT2D eigenvalue weighted by Crippen LogP contribution is -2.17. The molecule has 9 heteroatoms. The van der Waals surface area contributed by atoms with E-state index in [1.807, 2.05) is 0 Å². The van der Waals surface area contributed by atoms with Crippen LogP contribution in [0, 0.1) is 10.1 Å². The maximum atomic E-state index is 11.9. The molecule has 0 aromatic heterocycles. The van der Waals surface area contributed by atoms with Crippen molar-refractivity contribution in [2.75, 3.05) is 6.79 Å². The summed E-state index contributed by atoms with van der Waals surface area (Å²) in [7, 11) is 0. The van der Waals surface area contributed by atoms with Gasteiger partial charge in [-0.1, -0.05) is 15.9 Å². The third-order valence-corrected chi connectivity index (χ3v) is 3.72. The van der Waals surface area contributed by atoms with E-state index in [0.717, 1.165) is 4.47 Å². The van der Waals surface area contributed by atoms with Crippen molar-refractivity contribution in [3.05, 3.63) is 62.1 Å². The third kappa shape index (κ3) is 3.35. The maximum Gasteiger partial charge on any atom is 0.282 e. The van der Waals surface area contributed by atoms with Gasteiger partial charge in [0.25, 0.3) is 11.6 Å². The van der Waals surface area contributed by atoms with E-state index in [-0.39, 0.29) is 18.0 Å². The maximum absolute atomic E-state index is 11.9. The van der Waals surface area contributed by atoms with Gasteiger partial charge in [0.2, 0.25) is 6.79 Å². The lowest BCUT2D eigenvalue weighted by molar-refractivity contribution is -0.385. The van der Waals surface area contributed by atoms with Crippen LogP contribution in [0.2, 0.25) is 0 Å². The van der Waals surface area contributed by atoms with Gasteiger partial charge in [-0.25, -0.2) is 5.43 Å². The zero-order valence-corrected chi connectivity index (χ0v) is 13.6. The van der Waals surface area contributed by atoms with Crippen molar-refractivity contribution >= 4 is 33.7 Å². The van der Waals surface area contributed by atoms with Gasteiger partial charge < -0.3 is 9.47 Å². The number of hydrogen-bond donors (Lipinski definition) is 1. The molecule has 122 valence electrons. The van der Waals surface area contributed by atoms with Gasteiger partial charge in [0.1, 0.15) is 0 Å². The molecule has 0 saturated carbocycles. The van der Waals surface area contributed by atoms with Crippen LogP contribution < -0.4 is 14.9 Å². The molecule has 1 heterocycles. The second kappa shape index (κ2) is 6.67. The van der Waals surface area contributed by atoms with Crippen LogP contribution in [-0.2, 0) is 0 Å². The third-order valence-electron chi connectivity index (χ3n) is 3.19. The molecule has 0 atom stereocenters. The van der Waals surface area contributed by atoms with Crippen LogP contribution in [0.5, 0.6) is 11.5 Å². The lowest BCUT2D eigenvalue weighted by Gasteiger charge is -2.02. The molecule has 24 heavy (non-hydrogen) atoms. The van der Waals surface area contributed by atoms with Crippen molar-refractivity contribution in [3.63, 3.8) is 0 Å². The van der Waals surface area contributed by atoms with E-state index >= 15 is 0 Å². The van der Waals surface area contributed by atoms with E-state index in [4.69, 9.17) is 9.47 Å². The van der Waals surface area contributed by atoms with Crippen LogP contribution in [0.3, 0.4) is 0 Å². The molecular weight excluding hydrogens is 382 g/mol. The van der Waals surface area contributed by atoms with E-state index in [2.05, 4.69) is 26.5 Å². The summed E-state index contributed by atoms with van der Waals surface area (Å²) >= 11 is 3.28. The first kappa shape index (κ1) is 15.9. The summed E-state index contributed by atoms with van der Waals surface area (Å²) in [6.45, 7) is 0.00733. The molecule has 3 rings (SSSR count). The molecule has 0 spiro atoms. The summed E-state index contributed by atoms with van der Waals surface area (Å²) in [5.74, 6) is 0.265. The smallest absolute Gasteiger partial charge is 0.282 e. The van der Waals surface area contributed by atoms with Crippen LogP contribution in [0.15, 0.2) is 46.0 Å². The first-order chi connectivity index (χ1) is 11.5. The summed E-state index contributed by atoms with van der Waals surface area (Å²) in [5, 5.41) is 14.9. The minimum atomic E-state index is -0.556. The molecular formula is C15H10BrN3O5. The summed E-state index contributed by atoms with van der Waals surface area (Å²) in [6, 6.07) is 9.40. The number of halogens is 1. The fraction of sp³-hybridized carbons (Fsp3) is 0.0667. The number of benzene rings is 2. The Hall–Kier alpha value is -2.94. The average Bonchev–Trinajstić information content (AvgIpc) is 3.01. The predicted molar refractivity (Wildman–Crippen MR) is 88.4 cm³/mol. The largest absolute Gasteiger partial charge is 0.454 e. The van der Waals surface area contributed by atoms with E-state index in [9.17, 15) is 14.9 Å². The molecule has 0 aliphatic carbocycles. The number of hydrogen-bond acceptors (Lipinski definition) is 6. The average molecular weight is 392 g/mol. The number of nitrogens with zero attached hydrogens (tertiary/aromatic N) is 2. The van der Waals surface area contributed by atoms with Crippen LogP contribution in [-0.4, -0.2) is 23.8 Å². The normalized spacial score (nSPS) is 12.4. The molecule has 1 aliphatic heterocycles. The number of carbonyl (C=O) groups excluding carboxylic acids is 1. The quantitative estimate of drug-likeness (QED) is 0.490. The Labute approximate surface area is 144 Å². The molecule has 2 aromatic rings. The number of nitrogens with one attached hydrogen (secondary N) is 1. The summed E-state index contributed by atoms with van der Waals surface area (Å²) in [6.07, 6.45) is 1.19. The monoisotopic (exact) mass is 391 g/mol. The molecule has 0 bridgehead atoms. The van der Waals surface area contributed by atoms with Crippen LogP contribution in [0.25, 0.3) is 0 Å². The number of amides is 1. The van der Waals surface area contributed by atoms with Crippen molar-refractivity contribution in [2.45, 2.75) is 0 Å². The number of ether oxygens (including phenoxy) is 2. The molecule has 2 aromatic carbocycles. The van der Waals surface area contributed by atoms with Crippen molar-refractivity contribution in [1.29, 1.82) is 0 Å². The fourth-order valence-electron chi connectivity index (χ4n) is 2.03. The number of nitro benzene ring substituents is 1. The van der Waals surface area contributed by atoms with Gasteiger partial charge >= 0.3 is 0 Å². The Bertz CT molecular complexity index is 836. The minimum Gasteiger partial charge on any atom is -0.454 e. The molecule has 0 saturated heterocycles. The molecule has 1 amide bonds. The van der Waals surface area contributed by atoms with Gasteiger partial charge in [0.15, 0.2) is 11.5 Å². The van der Waals surface area contributed by atoms with Crippen LogP contribution >= 0.6 is 15.9 Å². The van der Waals surface area contributed by atoms with Crippen molar-refractivity contribution in [1.82, 2.24) is 5.43 Å². The number of rotatable bonds is 4. The predicted octanol–water partition coefficient (Wildman–Crippen LogP) is 2.85. The number of nitro groups is 1. The highest BCUT2D eigenvalue weighted by Crippen LogP contribution is 2.37. The second-order valence-corrected chi connectivity index (χ2v) is 5.64. The van der Waals surface area contributed by atoms with Gasteiger partial charge in [0, 0.05) is 10.0 Å².